The summed E-state index contributed by atoms with van der Waals surface area (Å²) in [6.07, 6.45) is 1.24. The first-order valence-corrected chi connectivity index (χ1v) is 6.81. The number of likely N-dealkylation sites (N-methyl/N-ethyl adjacent to an activating group) is 1. The first-order valence-electron chi connectivity index (χ1n) is 6.81. The number of aryl methyl sites for hydroxylation is 1. The van der Waals surface area contributed by atoms with Crippen LogP contribution in [0.25, 0.3) is 11.1 Å². The lowest BCUT2D eigenvalue weighted by molar-refractivity contribution is -0.118. The summed E-state index contributed by atoms with van der Waals surface area (Å²) >= 11 is 0. The number of hydrogen-bond acceptors (Lipinski definition) is 5. The Hall–Kier alpha value is -3.03. The molecule has 0 atom stereocenters. The highest BCUT2D eigenvalue weighted by Crippen LogP contribution is 2.14. The average molecular weight is 316 g/mol. The predicted molar refractivity (Wildman–Crippen MR) is 80.6 cm³/mol. The lowest BCUT2D eigenvalue weighted by Gasteiger charge is -2.17. The number of anilines is 1. The molecule has 0 N–H and O–H groups in total. The molecule has 0 fully saturated rings. The predicted octanol–water partition coefficient (Wildman–Crippen LogP) is 1.50. The van der Waals surface area contributed by atoms with Crippen LogP contribution in [0.1, 0.15) is 5.69 Å². The lowest BCUT2D eigenvalue weighted by Crippen LogP contribution is -2.34. The van der Waals surface area contributed by atoms with Crippen LogP contribution in [-0.2, 0) is 11.3 Å². The van der Waals surface area contributed by atoms with E-state index in [4.69, 9.17) is 4.52 Å². The van der Waals surface area contributed by atoms with Crippen molar-refractivity contribution >= 4 is 22.7 Å². The van der Waals surface area contributed by atoms with Crippen LogP contribution < -0.4 is 10.5 Å². The summed E-state index contributed by atoms with van der Waals surface area (Å²) in [4.78, 5) is 30.0. The molecule has 8 heteroatoms. The molecule has 7 nitrogen and oxygen atoms in total. The van der Waals surface area contributed by atoms with Gasteiger partial charge >= 0.3 is 0 Å². The molecule has 0 spiro atoms. The Labute approximate surface area is 129 Å². The molecule has 1 aromatic carbocycles. The molecular weight excluding hydrogens is 303 g/mol. The second-order valence-corrected chi connectivity index (χ2v) is 5.05. The first kappa shape index (κ1) is 14.9. The zero-order valence-electron chi connectivity index (χ0n) is 12.5. The van der Waals surface area contributed by atoms with Crippen molar-refractivity contribution in [3.8, 4) is 0 Å². The maximum absolute atomic E-state index is 12.9. The molecule has 0 saturated heterocycles. The van der Waals surface area contributed by atoms with E-state index >= 15 is 0 Å². The van der Waals surface area contributed by atoms with Gasteiger partial charge in [-0.25, -0.2) is 9.37 Å². The smallest absolute Gasteiger partial charge is 0.267 e. The van der Waals surface area contributed by atoms with Crippen LogP contribution in [0.3, 0.4) is 0 Å². The zero-order chi connectivity index (χ0) is 16.6. The Bertz CT molecular complexity index is 930. The van der Waals surface area contributed by atoms with Crippen LogP contribution in [0.15, 0.2) is 39.9 Å². The number of halogens is 1. The van der Waals surface area contributed by atoms with E-state index in [2.05, 4.69) is 10.1 Å². The van der Waals surface area contributed by atoms with Gasteiger partial charge in [0.25, 0.3) is 11.3 Å². The number of aromatic nitrogens is 3. The zero-order valence-corrected chi connectivity index (χ0v) is 12.5. The van der Waals surface area contributed by atoms with Gasteiger partial charge in [-0.1, -0.05) is 5.16 Å². The summed E-state index contributed by atoms with van der Waals surface area (Å²) in [5, 5.41) is 3.94. The fraction of sp³-hybridized carbons (Fsp3) is 0.200. The summed E-state index contributed by atoms with van der Waals surface area (Å²) in [7, 11) is 1.55. The van der Waals surface area contributed by atoms with Crippen LogP contribution in [0.2, 0.25) is 0 Å². The summed E-state index contributed by atoms with van der Waals surface area (Å²) in [6.45, 7) is 1.44. The van der Waals surface area contributed by atoms with E-state index in [1.54, 1.807) is 14.0 Å². The van der Waals surface area contributed by atoms with Crippen LogP contribution in [0.4, 0.5) is 10.1 Å². The summed E-state index contributed by atoms with van der Waals surface area (Å²) in [5.74, 6) is -0.725. The van der Waals surface area contributed by atoms with Gasteiger partial charge in [-0.05, 0) is 31.2 Å². The van der Waals surface area contributed by atoms with Gasteiger partial charge in [-0.3, -0.25) is 14.2 Å². The minimum atomic E-state index is -0.394. The van der Waals surface area contributed by atoms with E-state index in [1.807, 2.05) is 0 Å². The van der Waals surface area contributed by atoms with Gasteiger partial charge in [0.1, 0.15) is 24.1 Å². The Morgan fingerprint density at radius 1 is 1.35 bits per heavy atom. The van der Waals surface area contributed by atoms with Gasteiger partial charge in [-0.15, -0.1) is 0 Å². The maximum Gasteiger partial charge on any atom is 0.267 e. The van der Waals surface area contributed by atoms with E-state index in [-0.39, 0.29) is 29.4 Å². The molecule has 2 aromatic heterocycles. The molecule has 0 unspecified atom stereocenters. The molecule has 0 bridgehead atoms. The van der Waals surface area contributed by atoms with Crippen molar-refractivity contribution in [1.82, 2.24) is 14.7 Å². The van der Waals surface area contributed by atoms with Crippen LogP contribution in [0.5, 0.6) is 0 Å². The van der Waals surface area contributed by atoms with E-state index in [1.165, 1.54) is 40.1 Å². The van der Waals surface area contributed by atoms with E-state index in [0.717, 1.165) is 0 Å². The fourth-order valence-electron chi connectivity index (χ4n) is 2.18. The summed E-state index contributed by atoms with van der Waals surface area (Å²) < 4.78 is 19.0. The van der Waals surface area contributed by atoms with Crippen LogP contribution in [0, 0.1) is 12.7 Å². The Morgan fingerprint density at radius 2 is 2.04 bits per heavy atom. The second-order valence-electron chi connectivity index (χ2n) is 5.05. The quantitative estimate of drug-likeness (QED) is 0.731. The van der Waals surface area contributed by atoms with E-state index in [0.29, 0.717) is 11.4 Å². The van der Waals surface area contributed by atoms with Gasteiger partial charge in [-0.2, -0.15) is 0 Å². The molecule has 3 aromatic rings. The molecular formula is C15H13FN4O3. The molecule has 1 amide bonds. The molecule has 0 radical (unpaired) electrons. The van der Waals surface area contributed by atoms with Crippen LogP contribution in [-0.4, -0.2) is 27.7 Å². The van der Waals surface area contributed by atoms with Gasteiger partial charge < -0.3 is 9.42 Å². The number of rotatable bonds is 3. The molecule has 23 heavy (non-hydrogen) atoms. The number of hydrogen-bond donors (Lipinski definition) is 0. The van der Waals surface area contributed by atoms with Crippen molar-refractivity contribution in [3.63, 3.8) is 0 Å². The van der Waals surface area contributed by atoms with Crippen molar-refractivity contribution < 1.29 is 13.7 Å². The average Bonchev–Trinajstić information content (AvgIpc) is 2.92. The van der Waals surface area contributed by atoms with E-state index in [9.17, 15) is 14.0 Å². The number of carbonyl (C=O) groups is 1. The second kappa shape index (κ2) is 5.64. The van der Waals surface area contributed by atoms with Crippen LogP contribution >= 0.6 is 0 Å². The number of fused-ring (bicyclic) bond motifs is 1. The highest BCUT2D eigenvalue weighted by molar-refractivity contribution is 5.92. The van der Waals surface area contributed by atoms with E-state index < -0.39 is 5.56 Å². The van der Waals surface area contributed by atoms with Gasteiger partial charge in [0.05, 0.1) is 5.69 Å². The first-order chi connectivity index (χ1) is 11.0. The van der Waals surface area contributed by atoms with Gasteiger partial charge in [0.15, 0.2) is 0 Å². The van der Waals surface area contributed by atoms with Crippen molar-refractivity contribution in [2.24, 2.45) is 0 Å². The standard InChI is InChI=1S/C15H13FN4O3/c1-9-13-14(23-18-9)17-8-20(15(13)22)7-12(21)19(2)11-5-3-10(16)4-6-11/h3-6,8H,7H2,1-2H3. The largest absolute Gasteiger partial charge is 0.335 e. The minimum absolute atomic E-state index is 0.142. The Morgan fingerprint density at radius 3 is 2.74 bits per heavy atom. The van der Waals surface area contributed by atoms with Crippen molar-refractivity contribution in [1.29, 1.82) is 0 Å². The Balaban J connectivity index is 1.88. The third kappa shape index (κ3) is 2.70. The third-order valence-corrected chi connectivity index (χ3v) is 3.53. The summed E-state index contributed by atoms with van der Waals surface area (Å²) in [6, 6.07) is 5.50. The lowest BCUT2D eigenvalue weighted by atomic mass is 10.3. The maximum atomic E-state index is 12.9. The SMILES string of the molecule is Cc1noc2ncn(CC(=O)N(C)c3ccc(F)cc3)c(=O)c12. The van der Waals surface area contributed by atoms with Crippen molar-refractivity contribution in [2.45, 2.75) is 13.5 Å². The fourth-order valence-corrected chi connectivity index (χ4v) is 2.18. The molecule has 118 valence electrons. The number of nitrogens with zero attached hydrogens (tertiary/aromatic N) is 4. The highest BCUT2D eigenvalue weighted by Gasteiger charge is 2.16. The number of carbonyl (C=O) groups excluding carboxylic acids is 1. The van der Waals surface area contributed by atoms with Crippen molar-refractivity contribution in [2.75, 3.05) is 11.9 Å². The monoisotopic (exact) mass is 316 g/mol. The number of benzene rings is 1. The molecule has 2 heterocycles. The van der Waals surface area contributed by atoms with Gasteiger partial charge in [0.2, 0.25) is 5.91 Å². The topological polar surface area (TPSA) is 81.2 Å². The minimum Gasteiger partial charge on any atom is -0.335 e. The molecule has 0 aliphatic heterocycles. The highest BCUT2D eigenvalue weighted by atomic mass is 19.1. The molecule has 0 aliphatic carbocycles. The number of amides is 1. The third-order valence-electron chi connectivity index (χ3n) is 3.53. The normalized spacial score (nSPS) is 10.9. The van der Waals surface area contributed by atoms with Crippen molar-refractivity contribution in [3.05, 3.63) is 52.5 Å². The molecule has 3 rings (SSSR count). The van der Waals surface area contributed by atoms with Gasteiger partial charge in [0, 0.05) is 12.7 Å². The summed E-state index contributed by atoms with van der Waals surface area (Å²) in [5.41, 5.74) is 0.698. The molecule has 0 aliphatic rings. The molecule has 0 saturated carbocycles. The Kier molecular flexibility index (Phi) is 3.65.